The number of aromatic nitrogens is 1. The number of hydrogen-bond acceptors (Lipinski definition) is 2. The quantitative estimate of drug-likeness (QED) is 0.327. The molecule has 118 valence electrons. The number of aliphatic imine (C=N–C) groups is 1. The maximum atomic E-state index is 5.89. The molecule has 0 saturated carbocycles. The Kier molecular flexibility index (Phi) is 8.19. The summed E-state index contributed by atoms with van der Waals surface area (Å²) in [6.45, 7) is 2.73. The minimum Gasteiger partial charge on any atom is -0.370 e. The third-order valence-electron chi connectivity index (χ3n) is 3.08. The Morgan fingerprint density at radius 2 is 2.09 bits per heavy atom. The minimum absolute atomic E-state index is 0. The van der Waals surface area contributed by atoms with Crippen molar-refractivity contribution >= 4 is 47.2 Å². The Labute approximate surface area is 153 Å². The number of pyridine rings is 1. The van der Waals surface area contributed by atoms with Gasteiger partial charge in [0.1, 0.15) is 5.15 Å². The van der Waals surface area contributed by atoms with Gasteiger partial charge in [0.25, 0.3) is 0 Å². The number of nitrogens with two attached hydrogens (primary N) is 1. The summed E-state index contributed by atoms with van der Waals surface area (Å²) in [6, 6.07) is 11.9. The lowest BCUT2D eigenvalue weighted by Gasteiger charge is -2.07. The van der Waals surface area contributed by atoms with E-state index in [1.165, 1.54) is 5.56 Å². The molecule has 1 aromatic carbocycles. The highest BCUT2D eigenvalue weighted by Crippen LogP contribution is 2.10. The highest BCUT2D eigenvalue weighted by atomic mass is 127. The van der Waals surface area contributed by atoms with Crippen LogP contribution in [0.1, 0.15) is 18.1 Å². The van der Waals surface area contributed by atoms with Gasteiger partial charge in [-0.05, 0) is 42.2 Å². The van der Waals surface area contributed by atoms with Gasteiger partial charge < -0.3 is 11.1 Å². The molecule has 0 bridgehead atoms. The van der Waals surface area contributed by atoms with E-state index in [1.54, 1.807) is 12.3 Å². The molecule has 0 aliphatic rings. The van der Waals surface area contributed by atoms with Gasteiger partial charge in [-0.3, -0.25) is 4.99 Å². The fraction of sp³-hybridized carbons (Fsp3) is 0.250. The van der Waals surface area contributed by atoms with Gasteiger partial charge >= 0.3 is 0 Å². The maximum Gasteiger partial charge on any atom is 0.193 e. The van der Waals surface area contributed by atoms with Crippen LogP contribution in [0.2, 0.25) is 5.15 Å². The fourth-order valence-electron chi connectivity index (χ4n) is 1.92. The molecule has 1 heterocycles. The highest BCUT2D eigenvalue weighted by Gasteiger charge is 1.97. The second-order valence-electron chi connectivity index (χ2n) is 4.69. The molecule has 0 fully saturated rings. The number of rotatable bonds is 5. The predicted molar refractivity (Wildman–Crippen MR) is 104 cm³/mol. The van der Waals surface area contributed by atoms with Gasteiger partial charge in [-0.25, -0.2) is 4.98 Å². The first-order valence-corrected chi connectivity index (χ1v) is 7.31. The summed E-state index contributed by atoms with van der Waals surface area (Å²) in [6.07, 6.45) is 3.53. The number of halogens is 2. The summed E-state index contributed by atoms with van der Waals surface area (Å²) in [5.41, 5.74) is 9.20. The van der Waals surface area contributed by atoms with E-state index in [0.29, 0.717) is 17.7 Å². The van der Waals surface area contributed by atoms with Crippen molar-refractivity contribution in [2.24, 2.45) is 10.7 Å². The first-order chi connectivity index (χ1) is 10.2. The Morgan fingerprint density at radius 3 is 2.77 bits per heavy atom. The first kappa shape index (κ1) is 18.7. The van der Waals surface area contributed by atoms with Gasteiger partial charge in [-0.2, -0.15) is 0 Å². The van der Waals surface area contributed by atoms with Crippen molar-refractivity contribution in [3.05, 3.63) is 58.9 Å². The van der Waals surface area contributed by atoms with Gasteiger partial charge in [-0.15, -0.1) is 24.0 Å². The number of nitrogens with zero attached hydrogens (tertiary/aromatic N) is 2. The van der Waals surface area contributed by atoms with E-state index in [0.717, 1.165) is 24.1 Å². The summed E-state index contributed by atoms with van der Waals surface area (Å²) in [4.78, 5) is 8.35. The molecule has 0 amide bonds. The van der Waals surface area contributed by atoms with Crippen molar-refractivity contribution in [3.8, 4) is 0 Å². The molecule has 1 aromatic heterocycles. The van der Waals surface area contributed by atoms with E-state index < -0.39 is 0 Å². The van der Waals surface area contributed by atoms with Crippen molar-refractivity contribution in [3.63, 3.8) is 0 Å². The molecule has 22 heavy (non-hydrogen) atoms. The summed E-state index contributed by atoms with van der Waals surface area (Å²) >= 11 is 5.74. The monoisotopic (exact) mass is 430 g/mol. The van der Waals surface area contributed by atoms with E-state index in [2.05, 4.69) is 34.3 Å². The van der Waals surface area contributed by atoms with E-state index in [-0.39, 0.29) is 24.0 Å². The molecule has 0 aliphatic heterocycles. The second-order valence-corrected chi connectivity index (χ2v) is 5.07. The lowest BCUT2D eigenvalue weighted by atomic mass is 10.1. The summed E-state index contributed by atoms with van der Waals surface area (Å²) < 4.78 is 0. The average molecular weight is 431 g/mol. The summed E-state index contributed by atoms with van der Waals surface area (Å²) in [5, 5.41) is 3.60. The van der Waals surface area contributed by atoms with Gasteiger partial charge in [0, 0.05) is 18.4 Å². The van der Waals surface area contributed by atoms with Crippen molar-refractivity contribution in [1.29, 1.82) is 0 Å². The normalized spacial score (nSPS) is 10.9. The van der Waals surface area contributed by atoms with Crippen molar-refractivity contribution in [1.82, 2.24) is 4.98 Å². The van der Waals surface area contributed by atoms with Crippen LogP contribution in [-0.4, -0.2) is 17.5 Å². The molecule has 6 heteroatoms. The number of nitrogens with one attached hydrogen (secondary N) is 1. The smallest absolute Gasteiger partial charge is 0.193 e. The largest absolute Gasteiger partial charge is 0.370 e. The molecule has 0 radical (unpaired) electrons. The van der Waals surface area contributed by atoms with Crippen LogP contribution < -0.4 is 11.1 Å². The van der Waals surface area contributed by atoms with Crippen LogP contribution in [0, 0.1) is 0 Å². The number of aryl methyl sites for hydroxylation is 1. The lowest BCUT2D eigenvalue weighted by Crippen LogP contribution is -2.23. The third-order valence-corrected chi connectivity index (χ3v) is 3.30. The fourth-order valence-corrected chi connectivity index (χ4v) is 2.03. The zero-order chi connectivity index (χ0) is 15.1. The van der Waals surface area contributed by atoms with Crippen LogP contribution in [-0.2, 0) is 12.8 Å². The molecule has 0 atom stereocenters. The van der Waals surface area contributed by atoms with Gasteiger partial charge in [-0.1, -0.05) is 36.7 Å². The van der Waals surface area contributed by atoms with Gasteiger partial charge in [0.2, 0.25) is 0 Å². The minimum atomic E-state index is 0. The van der Waals surface area contributed by atoms with E-state index in [4.69, 9.17) is 17.3 Å². The second kappa shape index (κ2) is 9.63. The number of anilines is 1. The van der Waals surface area contributed by atoms with Gasteiger partial charge in [0.15, 0.2) is 5.96 Å². The Morgan fingerprint density at radius 1 is 1.27 bits per heavy atom. The molecular weight excluding hydrogens is 411 g/mol. The molecule has 2 aromatic rings. The van der Waals surface area contributed by atoms with E-state index >= 15 is 0 Å². The third kappa shape index (κ3) is 6.19. The summed E-state index contributed by atoms with van der Waals surface area (Å²) in [7, 11) is 0. The van der Waals surface area contributed by atoms with Crippen LogP contribution in [0.3, 0.4) is 0 Å². The number of hydrogen-bond donors (Lipinski definition) is 2. The van der Waals surface area contributed by atoms with E-state index in [1.807, 2.05) is 18.2 Å². The topological polar surface area (TPSA) is 63.3 Å². The number of benzene rings is 1. The van der Waals surface area contributed by atoms with Crippen molar-refractivity contribution in [2.75, 3.05) is 11.9 Å². The summed E-state index contributed by atoms with van der Waals surface area (Å²) in [5.74, 6) is 0.421. The van der Waals surface area contributed by atoms with Crippen LogP contribution in [0.15, 0.2) is 47.6 Å². The molecule has 2 rings (SSSR count). The Hall–Kier alpha value is -1.34. The van der Waals surface area contributed by atoms with Crippen LogP contribution in [0.5, 0.6) is 0 Å². The first-order valence-electron chi connectivity index (χ1n) is 6.93. The van der Waals surface area contributed by atoms with Crippen molar-refractivity contribution in [2.45, 2.75) is 19.8 Å². The predicted octanol–water partition coefficient (Wildman–Crippen LogP) is 3.88. The van der Waals surface area contributed by atoms with Crippen LogP contribution >= 0.6 is 35.6 Å². The molecule has 3 N–H and O–H groups in total. The Balaban J connectivity index is 0.00000242. The SMILES string of the molecule is CCc1cccc(NC(N)=NCCc2ccc(Cl)nc2)c1.I. The molecule has 0 spiro atoms. The molecule has 0 aliphatic carbocycles. The van der Waals surface area contributed by atoms with E-state index in [9.17, 15) is 0 Å². The molecular formula is C16H20ClIN4. The lowest BCUT2D eigenvalue weighted by molar-refractivity contribution is 0.955. The molecule has 0 unspecified atom stereocenters. The molecule has 4 nitrogen and oxygen atoms in total. The zero-order valence-electron chi connectivity index (χ0n) is 12.4. The van der Waals surface area contributed by atoms with Crippen molar-refractivity contribution < 1.29 is 0 Å². The van der Waals surface area contributed by atoms with Crippen LogP contribution in [0.4, 0.5) is 5.69 Å². The Bertz CT molecular complexity index is 614. The highest BCUT2D eigenvalue weighted by molar-refractivity contribution is 14.0. The zero-order valence-corrected chi connectivity index (χ0v) is 15.5. The van der Waals surface area contributed by atoms with Gasteiger partial charge in [0.05, 0.1) is 0 Å². The standard InChI is InChI=1S/C16H19ClN4.HI/c1-2-12-4-3-5-14(10-12)21-16(18)19-9-8-13-6-7-15(17)20-11-13;/h3-7,10-11H,2,8-9H2,1H3,(H3,18,19,21);1H. The van der Waals surface area contributed by atoms with Crippen LogP contribution in [0.25, 0.3) is 0 Å². The number of guanidine groups is 1. The molecule has 0 saturated heterocycles. The average Bonchev–Trinajstić information content (AvgIpc) is 2.49. The maximum absolute atomic E-state index is 5.89.